The van der Waals surface area contributed by atoms with Crippen LogP contribution in [0.25, 0.3) is 22.6 Å². The Kier molecular flexibility index (Phi) is 5.38. The molecule has 1 aliphatic heterocycles. The molecule has 3 aromatic rings. The SMILES string of the molecule is COc1ccc(-c2nc3cccnc3n2C2CCN(C(=O)NCC(C)C)C2)cc1. The smallest absolute Gasteiger partial charge is 0.317 e. The summed E-state index contributed by atoms with van der Waals surface area (Å²) < 4.78 is 7.47. The van der Waals surface area contributed by atoms with E-state index in [4.69, 9.17) is 9.72 Å². The van der Waals surface area contributed by atoms with Crippen LogP contribution in [0.4, 0.5) is 4.79 Å². The molecule has 2 aromatic heterocycles. The Hall–Kier alpha value is -3.09. The minimum atomic E-state index is 0.00424. The summed E-state index contributed by atoms with van der Waals surface area (Å²) in [7, 11) is 1.66. The number of likely N-dealkylation sites (tertiary alicyclic amines) is 1. The molecule has 4 rings (SSSR count). The highest BCUT2D eigenvalue weighted by Crippen LogP contribution is 2.32. The van der Waals surface area contributed by atoms with Crippen molar-refractivity contribution < 1.29 is 9.53 Å². The molecule has 3 heterocycles. The zero-order chi connectivity index (χ0) is 20.4. The number of hydrogen-bond donors (Lipinski definition) is 1. The van der Waals surface area contributed by atoms with Gasteiger partial charge in [-0.05, 0) is 48.7 Å². The van der Waals surface area contributed by atoms with Crippen molar-refractivity contribution in [3.8, 4) is 17.1 Å². The van der Waals surface area contributed by atoms with Crippen molar-refractivity contribution in [2.24, 2.45) is 5.92 Å². The van der Waals surface area contributed by atoms with Gasteiger partial charge in [0.05, 0.1) is 13.2 Å². The lowest BCUT2D eigenvalue weighted by atomic mass is 10.2. The van der Waals surface area contributed by atoms with Gasteiger partial charge < -0.3 is 19.5 Å². The number of aromatic nitrogens is 3. The second-order valence-corrected chi connectivity index (χ2v) is 7.85. The third-order valence-electron chi connectivity index (χ3n) is 5.27. The highest BCUT2D eigenvalue weighted by molar-refractivity contribution is 5.78. The van der Waals surface area contributed by atoms with Gasteiger partial charge in [0, 0.05) is 31.4 Å². The first-order valence-electron chi connectivity index (χ1n) is 10.1. The van der Waals surface area contributed by atoms with E-state index in [1.165, 1.54) is 0 Å². The van der Waals surface area contributed by atoms with E-state index in [0.717, 1.165) is 41.3 Å². The quantitative estimate of drug-likeness (QED) is 0.717. The number of benzene rings is 1. The Morgan fingerprint density at radius 2 is 2.07 bits per heavy atom. The van der Waals surface area contributed by atoms with Crippen LogP contribution in [-0.4, -0.2) is 52.2 Å². The Labute approximate surface area is 170 Å². The Morgan fingerprint density at radius 1 is 1.28 bits per heavy atom. The van der Waals surface area contributed by atoms with Crippen molar-refractivity contribution >= 4 is 17.2 Å². The van der Waals surface area contributed by atoms with Gasteiger partial charge in [0.25, 0.3) is 0 Å². The second-order valence-electron chi connectivity index (χ2n) is 7.85. The molecule has 1 atom stereocenters. The number of nitrogens with one attached hydrogen (secondary N) is 1. The van der Waals surface area contributed by atoms with Gasteiger partial charge in [0.2, 0.25) is 0 Å². The average Bonchev–Trinajstić information content (AvgIpc) is 3.36. The average molecular weight is 393 g/mol. The number of imidazole rings is 1. The van der Waals surface area contributed by atoms with Crippen LogP contribution >= 0.6 is 0 Å². The van der Waals surface area contributed by atoms with E-state index in [9.17, 15) is 4.79 Å². The summed E-state index contributed by atoms with van der Waals surface area (Å²) in [6.45, 7) is 6.25. The largest absolute Gasteiger partial charge is 0.497 e. The van der Waals surface area contributed by atoms with Gasteiger partial charge in [-0.1, -0.05) is 13.8 Å². The van der Waals surface area contributed by atoms with Crippen LogP contribution < -0.4 is 10.1 Å². The van der Waals surface area contributed by atoms with Crippen molar-refractivity contribution in [2.45, 2.75) is 26.3 Å². The van der Waals surface area contributed by atoms with Crippen LogP contribution in [-0.2, 0) is 0 Å². The lowest BCUT2D eigenvalue weighted by Gasteiger charge is -2.20. The van der Waals surface area contributed by atoms with Crippen LogP contribution in [0.2, 0.25) is 0 Å². The highest BCUT2D eigenvalue weighted by Gasteiger charge is 2.30. The fourth-order valence-electron chi connectivity index (χ4n) is 3.76. The second kappa shape index (κ2) is 8.11. The topological polar surface area (TPSA) is 72.3 Å². The number of pyridine rings is 1. The number of carbonyl (C=O) groups excluding carboxylic acids is 1. The third-order valence-corrected chi connectivity index (χ3v) is 5.27. The Balaban J connectivity index is 1.65. The summed E-state index contributed by atoms with van der Waals surface area (Å²) in [6.07, 6.45) is 2.67. The summed E-state index contributed by atoms with van der Waals surface area (Å²) >= 11 is 0. The number of urea groups is 1. The minimum Gasteiger partial charge on any atom is -0.497 e. The van der Waals surface area contributed by atoms with Crippen LogP contribution in [0.15, 0.2) is 42.6 Å². The molecule has 1 aliphatic rings. The highest BCUT2D eigenvalue weighted by atomic mass is 16.5. The first kappa shape index (κ1) is 19.2. The molecule has 0 radical (unpaired) electrons. The maximum absolute atomic E-state index is 12.5. The molecule has 1 N–H and O–H groups in total. The van der Waals surface area contributed by atoms with E-state index in [-0.39, 0.29) is 12.1 Å². The van der Waals surface area contributed by atoms with Gasteiger partial charge >= 0.3 is 6.03 Å². The van der Waals surface area contributed by atoms with Crippen LogP contribution in [0.3, 0.4) is 0 Å². The lowest BCUT2D eigenvalue weighted by Crippen LogP contribution is -2.40. The maximum Gasteiger partial charge on any atom is 0.317 e. The molecule has 0 saturated carbocycles. The monoisotopic (exact) mass is 393 g/mol. The summed E-state index contributed by atoms with van der Waals surface area (Å²) in [6, 6.07) is 11.9. The minimum absolute atomic E-state index is 0.00424. The molecule has 7 nitrogen and oxygen atoms in total. The first-order valence-corrected chi connectivity index (χ1v) is 10.1. The van der Waals surface area contributed by atoms with Crippen molar-refractivity contribution in [3.63, 3.8) is 0 Å². The molecule has 29 heavy (non-hydrogen) atoms. The van der Waals surface area contributed by atoms with Gasteiger partial charge in [-0.25, -0.2) is 14.8 Å². The van der Waals surface area contributed by atoms with E-state index < -0.39 is 0 Å². The zero-order valence-electron chi connectivity index (χ0n) is 17.1. The summed E-state index contributed by atoms with van der Waals surface area (Å²) in [5, 5.41) is 3.02. The molecule has 0 aliphatic carbocycles. The molecule has 1 saturated heterocycles. The molecule has 1 unspecified atom stereocenters. The Bertz CT molecular complexity index is 996. The number of hydrogen-bond acceptors (Lipinski definition) is 4. The fraction of sp³-hybridized carbons (Fsp3) is 0.409. The van der Waals surface area contributed by atoms with Crippen LogP contribution in [0.5, 0.6) is 5.75 Å². The number of methoxy groups -OCH3 is 1. The first-order chi connectivity index (χ1) is 14.1. The number of amides is 2. The molecular formula is C22H27N5O2. The molecule has 0 bridgehead atoms. The normalized spacial score (nSPS) is 16.6. The molecular weight excluding hydrogens is 366 g/mol. The van der Waals surface area contributed by atoms with Gasteiger partial charge in [0.1, 0.15) is 17.1 Å². The van der Waals surface area contributed by atoms with E-state index in [2.05, 4.69) is 28.7 Å². The Morgan fingerprint density at radius 3 is 2.79 bits per heavy atom. The fourth-order valence-corrected chi connectivity index (χ4v) is 3.76. The number of rotatable bonds is 5. The third kappa shape index (κ3) is 3.90. The molecule has 0 spiro atoms. The summed E-state index contributed by atoms with van der Waals surface area (Å²) in [4.78, 5) is 23.8. The van der Waals surface area contributed by atoms with Crippen LogP contribution in [0.1, 0.15) is 26.3 Å². The summed E-state index contributed by atoms with van der Waals surface area (Å²) in [5.41, 5.74) is 2.72. The number of nitrogens with zero attached hydrogens (tertiary/aromatic N) is 4. The molecule has 2 amide bonds. The van der Waals surface area contributed by atoms with E-state index in [1.807, 2.05) is 41.3 Å². The molecule has 7 heteroatoms. The zero-order valence-corrected chi connectivity index (χ0v) is 17.1. The van der Waals surface area contributed by atoms with Crippen molar-refractivity contribution in [2.75, 3.05) is 26.7 Å². The number of ether oxygens (including phenoxy) is 1. The molecule has 1 fully saturated rings. The van der Waals surface area contributed by atoms with Crippen molar-refractivity contribution in [1.29, 1.82) is 0 Å². The van der Waals surface area contributed by atoms with Crippen molar-refractivity contribution in [3.05, 3.63) is 42.6 Å². The van der Waals surface area contributed by atoms with E-state index in [1.54, 1.807) is 13.3 Å². The van der Waals surface area contributed by atoms with Gasteiger partial charge in [-0.15, -0.1) is 0 Å². The standard InChI is InChI=1S/C22H27N5O2/c1-15(2)13-24-22(28)26-12-10-17(14-26)27-20(16-6-8-18(29-3)9-7-16)25-19-5-4-11-23-21(19)27/h4-9,11,15,17H,10,12-14H2,1-3H3,(H,24,28). The van der Waals surface area contributed by atoms with E-state index in [0.29, 0.717) is 19.0 Å². The van der Waals surface area contributed by atoms with Crippen LogP contribution in [0, 0.1) is 5.92 Å². The predicted molar refractivity (Wildman–Crippen MR) is 113 cm³/mol. The van der Waals surface area contributed by atoms with Gasteiger partial charge in [-0.3, -0.25) is 0 Å². The van der Waals surface area contributed by atoms with Gasteiger partial charge in [0.15, 0.2) is 5.65 Å². The number of fused-ring (bicyclic) bond motifs is 1. The van der Waals surface area contributed by atoms with Crippen molar-refractivity contribution in [1.82, 2.24) is 24.8 Å². The van der Waals surface area contributed by atoms with Gasteiger partial charge in [-0.2, -0.15) is 0 Å². The lowest BCUT2D eigenvalue weighted by molar-refractivity contribution is 0.206. The maximum atomic E-state index is 12.5. The predicted octanol–water partition coefficient (Wildman–Crippen LogP) is 3.72. The number of carbonyl (C=O) groups is 1. The van der Waals surface area contributed by atoms with E-state index >= 15 is 0 Å². The summed E-state index contributed by atoms with van der Waals surface area (Å²) in [5.74, 6) is 2.11. The molecule has 152 valence electrons. The molecule has 1 aromatic carbocycles.